The maximum atomic E-state index is 12.9. The van der Waals surface area contributed by atoms with Crippen LogP contribution in [0.25, 0.3) is 11.3 Å². The number of amides is 2. The molecule has 1 aromatic carbocycles. The van der Waals surface area contributed by atoms with E-state index in [9.17, 15) is 35.9 Å². The average molecular weight is 407 g/mol. The van der Waals surface area contributed by atoms with Crippen LogP contribution in [0.1, 0.15) is 11.1 Å². The van der Waals surface area contributed by atoms with Crippen LogP contribution in [0.3, 0.4) is 0 Å². The van der Waals surface area contributed by atoms with Crippen molar-refractivity contribution in [2.75, 3.05) is 4.90 Å². The predicted molar refractivity (Wildman–Crippen MR) is 83.8 cm³/mol. The molecule has 2 amide bonds. The Balaban J connectivity index is 2.07. The largest absolute Gasteiger partial charge is 0.440 e. The van der Waals surface area contributed by atoms with Crippen molar-refractivity contribution in [1.29, 1.82) is 0 Å². The van der Waals surface area contributed by atoms with Crippen molar-refractivity contribution >= 4 is 28.8 Å². The van der Waals surface area contributed by atoms with E-state index in [2.05, 4.69) is 6.58 Å². The molecule has 1 saturated heterocycles. The molecule has 27 heavy (non-hydrogen) atoms. The van der Waals surface area contributed by atoms with Crippen LogP contribution in [0.15, 0.2) is 46.2 Å². The van der Waals surface area contributed by atoms with Gasteiger partial charge in [0.05, 0.1) is 16.0 Å². The summed E-state index contributed by atoms with van der Waals surface area (Å²) < 4.78 is 82.8. The van der Waals surface area contributed by atoms with Gasteiger partial charge in [-0.1, -0.05) is 6.58 Å². The van der Waals surface area contributed by atoms with E-state index in [-0.39, 0.29) is 22.6 Å². The molecule has 0 atom stereocenters. The zero-order chi connectivity index (χ0) is 20.1. The first kappa shape index (κ1) is 19.1. The van der Waals surface area contributed by atoms with Crippen molar-refractivity contribution in [3.63, 3.8) is 0 Å². The number of furan rings is 1. The summed E-state index contributed by atoms with van der Waals surface area (Å²) >= 11 is 0.534. The third-order valence-corrected chi connectivity index (χ3v) is 4.30. The van der Waals surface area contributed by atoms with Gasteiger partial charge in [0.25, 0.3) is 5.91 Å². The number of thioether (sulfide) groups is 1. The lowest BCUT2D eigenvalue weighted by molar-refractivity contribution is -0.143. The van der Waals surface area contributed by atoms with E-state index < -0.39 is 40.2 Å². The SMILES string of the molecule is C=C1SC(=O)N(c2ccc(-c3cc(C(F)(F)F)cc(C(F)(F)F)c3)o2)C1=O. The summed E-state index contributed by atoms with van der Waals surface area (Å²) in [6.07, 6.45) is -10.0. The summed E-state index contributed by atoms with van der Waals surface area (Å²) in [5.74, 6) is -1.49. The van der Waals surface area contributed by atoms with Crippen molar-refractivity contribution in [2.45, 2.75) is 12.4 Å². The Bertz CT molecular complexity index is 928. The summed E-state index contributed by atoms with van der Waals surface area (Å²) in [6, 6.07) is 3.12. The van der Waals surface area contributed by atoms with Crippen LogP contribution >= 0.6 is 11.8 Å². The molecule has 1 aromatic heterocycles. The molecule has 11 heteroatoms. The predicted octanol–water partition coefficient (Wildman–Crippen LogP) is 5.70. The number of alkyl halides is 6. The molecular weight excluding hydrogens is 400 g/mol. The van der Waals surface area contributed by atoms with Gasteiger partial charge in [0, 0.05) is 11.6 Å². The minimum Gasteiger partial charge on any atom is -0.440 e. The van der Waals surface area contributed by atoms with Crippen LogP contribution in [-0.4, -0.2) is 11.1 Å². The molecular formula is C16H7F6NO3S. The molecule has 0 bridgehead atoms. The van der Waals surface area contributed by atoms with Gasteiger partial charge in [-0.25, -0.2) is 4.90 Å². The van der Waals surface area contributed by atoms with Gasteiger partial charge in [0.1, 0.15) is 5.76 Å². The Morgan fingerprint density at radius 1 is 0.926 bits per heavy atom. The molecule has 0 unspecified atom stereocenters. The Labute approximate surface area is 151 Å². The molecule has 2 heterocycles. The zero-order valence-electron chi connectivity index (χ0n) is 12.9. The van der Waals surface area contributed by atoms with Crippen molar-refractivity contribution < 1.29 is 40.3 Å². The third kappa shape index (κ3) is 3.59. The highest BCUT2D eigenvalue weighted by molar-refractivity contribution is 8.18. The molecule has 4 nitrogen and oxygen atoms in total. The highest BCUT2D eigenvalue weighted by Crippen LogP contribution is 2.40. The molecule has 0 N–H and O–H groups in total. The standard InChI is InChI=1S/C16H7F6NO3S/c1-7-13(24)23(14(25)27-7)12-3-2-11(26-12)8-4-9(15(17,18)19)6-10(5-8)16(20,21)22/h2-6H,1H2. The van der Waals surface area contributed by atoms with Crippen LogP contribution in [0.5, 0.6) is 0 Å². The lowest BCUT2D eigenvalue weighted by Crippen LogP contribution is -2.26. The molecule has 0 spiro atoms. The Morgan fingerprint density at radius 3 is 1.93 bits per heavy atom. The lowest BCUT2D eigenvalue weighted by atomic mass is 10.0. The van der Waals surface area contributed by atoms with E-state index in [0.717, 1.165) is 12.1 Å². The molecule has 0 aliphatic carbocycles. The average Bonchev–Trinajstić information content (AvgIpc) is 3.10. The number of hydrogen-bond donors (Lipinski definition) is 0. The zero-order valence-corrected chi connectivity index (χ0v) is 13.8. The van der Waals surface area contributed by atoms with E-state index in [1.165, 1.54) is 0 Å². The first-order valence-corrected chi connectivity index (χ1v) is 7.84. The molecule has 2 aromatic rings. The normalized spacial score (nSPS) is 15.8. The molecule has 3 rings (SSSR count). The summed E-state index contributed by atoms with van der Waals surface area (Å²) in [7, 11) is 0. The highest BCUT2D eigenvalue weighted by atomic mass is 32.2. The number of anilines is 1. The first-order chi connectivity index (χ1) is 12.4. The van der Waals surface area contributed by atoms with Crippen LogP contribution in [0.4, 0.5) is 37.0 Å². The molecule has 0 radical (unpaired) electrons. The number of hydrogen-bond acceptors (Lipinski definition) is 4. The second-order valence-corrected chi connectivity index (χ2v) is 6.41. The number of halogens is 6. The van der Waals surface area contributed by atoms with Gasteiger partial charge in [-0.3, -0.25) is 9.59 Å². The van der Waals surface area contributed by atoms with Crippen LogP contribution in [0, 0.1) is 0 Å². The summed E-state index contributed by atoms with van der Waals surface area (Å²) in [4.78, 5) is 24.1. The van der Waals surface area contributed by atoms with Gasteiger partial charge in [0.15, 0.2) is 0 Å². The van der Waals surface area contributed by atoms with Crippen molar-refractivity contribution in [2.24, 2.45) is 0 Å². The van der Waals surface area contributed by atoms with E-state index >= 15 is 0 Å². The Morgan fingerprint density at radius 2 is 1.48 bits per heavy atom. The number of carbonyl (C=O) groups is 2. The van der Waals surface area contributed by atoms with E-state index in [1.807, 2.05) is 0 Å². The Hall–Kier alpha value is -2.69. The molecule has 1 fully saturated rings. The Kier molecular flexibility index (Phi) is 4.37. The summed E-state index contributed by atoms with van der Waals surface area (Å²) in [6.45, 7) is 3.36. The summed E-state index contributed by atoms with van der Waals surface area (Å²) in [5.41, 5.74) is -3.53. The monoisotopic (exact) mass is 407 g/mol. The smallest absolute Gasteiger partial charge is 0.416 e. The second-order valence-electron chi connectivity index (χ2n) is 5.36. The molecule has 1 aliphatic rings. The minimum atomic E-state index is -5.01. The summed E-state index contributed by atoms with van der Waals surface area (Å²) in [5, 5.41) is -0.745. The van der Waals surface area contributed by atoms with Crippen LogP contribution in [-0.2, 0) is 17.1 Å². The fraction of sp³-hybridized carbons (Fsp3) is 0.125. The topological polar surface area (TPSA) is 50.5 Å². The lowest BCUT2D eigenvalue weighted by Gasteiger charge is -2.13. The number of benzene rings is 1. The van der Waals surface area contributed by atoms with Crippen molar-refractivity contribution in [3.05, 3.63) is 52.9 Å². The van der Waals surface area contributed by atoms with Crippen molar-refractivity contribution in [1.82, 2.24) is 0 Å². The number of rotatable bonds is 2. The van der Waals surface area contributed by atoms with E-state index in [4.69, 9.17) is 4.42 Å². The molecule has 142 valence electrons. The van der Waals surface area contributed by atoms with Gasteiger partial charge in [0.2, 0.25) is 5.88 Å². The van der Waals surface area contributed by atoms with E-state index in [0.29, 0.717) is 28.8 Å². The maximum absolute atomic E-state index is 12.9. The maximum Gasteiger partial charge on any atom is 0.416 e. The van der Waals surface area contributed by atoms with Gasteiger partial charge in [-0.15, -0.1) is 0 Å². The van der Waals surface area contributed by atoms with Crippen LogP contribution < -0.4 is 4.90 Å². The highest BCUT2D eigenvalue weighted by Gasteiger charge is 2.39. The molecule has 0 saturated carbocycles. The van der Waals surface area contributed by atoms with E-state index in [1.54, 1.807) is 0 Å². The fourth-order valence-electron chi connectivity index (χ4n) is 2.29. The van der Waals surface area contributed by atoms with Gasteiger partial charge < -0.3 is 4.42 Å². The second kappa shape index (κ2) is 6.19. The number of nitrogens with zero attached hydrogens (tertiary/aromatic N) is 1. The third-order valence-electron chi connectivity index (χ3n) is 3.52. The first-order valence-electron chi connectivity index (χ1n) is 7.03. The number of carbonyl (C=O) groups excluding carboxylic acids is 2. The van der Waals surface area contributed by atoms with Gasteiger partial charge in [-0.05, 0) is 36.0 Å². The molecule has 1 aliphatic heterocycles. The van der Waals surface area contributed by atoms with Crippen LogP contribution in [0.2, 0.25) is 0 Å². The fourth-order valence-corrected chi connectivity index (χ4v) is 2.95. The number of imide groups is 1. The van der Waals surface area contributed by atoms with Gasteiger partial charge >= 0.3 is 17.6 Å². The van der Waals surface area contributed by atoms with Crippen molar-refractivity contribution in [3.8, 4) is 11.3 Å². The van der Waals surface area contributed by atoms with Gasteiger partial charge in [-0.2, -0.15) is 26.3 Å². The quantitative estimate of drug-likeness (QED) is 0.474. The minimum absolute atomic E-state index is 0.0124.